The molecule has 5 heteroatoms. The van der Waals surface area contributed by atoms with Gasteiger partial charge >= 0.3 is 0 Å². The Morgan fingerprint density at radius 1 is 1.19 bits per heavy atom. The molecule has 0 bridgehead atoms. The number of aromatic nitrogens is 2. The summed E-state index contributed by atoms with van der Waals surface area (Å²) in [4.78, 5) is 20.3. The lowest BCUT2D eigenvalue weighted by atomic mass is 10.1. The molecule has 26 heavy (non-hydrogen) atoms. The first-order valence-electron chi connectivity index (χ1n) is 8.83. The number of nitrogens with one attached hydrogen (secondary N) is 2. The molecular weight excluding hydrogens is 342 g/mol. The van der Waals surface area contributed by atoms with Crippen LogP contribution in [0.4, 0.5) is 0 Å². The van der Waals surface area contributed by atoms with Crippen LogP contribution in [0.3, 0.4) is 0 Å². The van der Waals surface area contributed by atoms with Crippen molar-refractivity contribution in [3.05, 3.63) is 64.3 Å². The molecule has 2 aromatic carbocycles. The molecule has 2 N–H and O–H groups in total. The van der Waals surface area contributed by atoms with Crippen molar-refractivity contribution in [2.75, 3.05) is 6.54 Å². The van der Waals surface area contributed by atoms with E-state index >= 15 is 0 Å². The van der Waals surface area contributed by atoms with Gasteiger partial charge in [-0.25, -0.2) is 4.98 Å². The van der Waals surface area contributed by atoms with Gasteiger partial charge in [-0.15, -0.1) is 11.3 Å². The molecule has 0 aliphatic rings. The maximum atomic E-state index is 12.4. The third-order valence-electron chi connectivity index (χ3n) is 4.52. The second-order valence-electron chi connectivity index (χ2n) is 6.66. The molecule has 4 aromatic rings. The van der Waals surface area contributed by atoms with E-state index in [1.54, 1.807) is 11.3 Å². The van der Waals surface area contributed by atoms with Gasteiger partial charge in [0.1, 0.15) is 5.69 Å². The zero-order valence-corrected chi connectivity index (χ0v) is 15.7. The van der Waals surface area contributed by atoms with Crippen molar-refractivity contribution in [2.24, 2.45) is 0 Å². The molecule has 0 atom stereocenters. The van der Waals surface area contributed by atoms with Crippen LogP contribution in [-0.4, -0.2) is 22.4 Å². The number of aromatic amines is 1. The highest BCUT2D eigenvalue weighted by atomic mass is 32.1. The predicted octanol–water partition coefficient (Wildman–Crippen LogP) is 4.76. The molecule has 0 aliphatic carbocycles. The van der Waals surface area contributed by atoms with E-state index < -0.39 is 0 Å². The summed E-state index contributed by atoms with van der Waals surface area (Å²) in [5.41, 5.74) is 5.07. The topological polar surface area (TPSA) is 57.8 Å². The van der Waals surface area contributed by atoms with Crippen LogP contribution < -0.4 is 5.32 Å². The minimum atomic E-state index is -0.0532. The molecule has 4 rings (SSSR count). The smallest absolute Gasteiger partial charge is 0.267 e. The summed E-state index contributed by atoms with van der Waals surface area (Å²) in [7, 11) is 0. The standard InChI is InChI=1S/C21H21N3OS/c1-13-10-14(2)15-12-18(23-17(15)11-13)21(25)22-9-5-8-20-24-16-6-3-4-7-19(16)26-20/h3-4,6-7,10-12,23H,5,8-9H2,1-2H3,(H,22,25). The quantitative estimate of drug-likeness (QED) is 0.502. The molecule has 0 radical (unpaired) electrons. The number of rotatable bonds is 5. The SMILES string of the molecule is Cc1cc(C)c2cc(C(=O)NCCCc3nc4ccccc4s3)[nH]c2c1. The number of benzene rings is 2. The minimum Gasteiger partial charge on any atom is -0.351 e. The molecule has 4 nitrogen and oxygen atoms in total. The monoisotopic (exact) mass is 363 g/mol. The van der Waals surface area contributed by atoms with Gasteiger partial charge in [0.25, 0.3) is 5.91 Å². The Morgan fingerprint density at radius 2 is 2.04 bits per heavy atom. The number of carbonyl (C=O) groups excluding carboxylic acids is 1. The van der Waals surface area contributed by atoms with Gasteiger partial charge in [-0.05, 0) is 55.7 Å². The molecule has 0 saturated carbocycles. The van der Waals surface area contributed by atoms with Crippen molar-refractivity contribution in [3.8, 4) is 0 Å². The van der Waals surface area contributed by atoms with E-state index in [1.165, 1.54) is 15.8 Å². The highest BCUT2D eigenvalue weighted by molar-refractivity contribution is 7.18. The van der Waals surface area contributed by atoms with Crippen LogP contribution in [0.5, 0.6) is 0 Å². The maximum Gasteiger partial charge on any atom is 0.267 e. The van der Waals surface area contributed by atoms with Crippen LogP contribution in [0, 0.1) is 13.8 Å². The van der Waals surface area contributed by atoms with E-state index in [4.69, 9.17) is 0 Å². The lowest BCUT2D eigenvalue weighted by Gasteiger charge is -2.02. The Kier molecular flexibility index (Phi) is 4.47. The fourth-order valence-corrected chi connectivity index (χ4v) is 4.29. The Labute approximate surface area is 156 Å². The van der Waals surface area contributed by atoms with Crippen LogP contribution in [-0.2, 0) is 6.42 Å². The molecule has 1 amide bonds. The lowest BCUT2D eigenvalue weighted by molar-refractivity contribution is 0.0949. The Bertz CT molecular complexity index is 1060. The van der Waals surface area contributed by atoms with Crippen molar-refractivity contribution in [2.45, 2.75) is 26.7 Å². The molecule has 2 heterocycles. The summed E-state index contributed by atoms with van der Waals surface area (Å²) in [5, 5.41) is 5.23. The van der Waals surface area contributed by atoms with E-state index in [9.17, 15) is 4.79 Å². The van der Waals surface area contributed by atoms with Gasteiger partial charge in [-0.3, -0.25) is 4.79 Å². The zero-order valence-electron chi connectivity index (χ0n) is 14.9. The number of carbonyl (C=O) groups is 1. The van der Waals surface area contributed by atoms with Crippen LogP contribution in [0.2, 0.25) is 0 Å². The van der Waals surface area contributed by atoms with Gasteiger partial charge in [-0.2, -0.15) is 0 Å². The molecule has 0 fully saturated rings. The first kappa shape index (κ1) is 16.8. The molecule has 0 saturated heterocycles. The summed E-state index contributed by atoms with van der Waals surface area (Å²) < 4.78 is 1.22. The van der Waals surface area contributed by atoms with Crippen molar-refractivity contribution in [1.29, 1.82) is 0 Å². The average molecular weight is 363 g/mol. The van der Waals surface area contributed by atoms with Gasteiger partial charge in [-0.1, -0.05) is 18.2 Å². The largest absolute Gasteiger partial charge is 0.351 e. The molecule has 0 aliphatic heterocycles. The third-order valence-corrected chi connectivity index (χ3v) is 5.62. The minimum absolute atomic E-state index is 0.0532. The van der Waals surface area contributed by atoms with Crippen molar-refractivity contribution in [1.82, 2.24) is 15.3 Å². The van der Waals surface area contributed by atoms with Crippen molar-refractivity contribution < 1.29 is 4.79 Å². The second-order valence-corrected chi connectivity index (χ2v) is 7.78. The number of hydrogen-bond acceptors (Lipinski definition) is 3. The Balaban J connectivity index is 1.36. The summed E-state index contributed by atoms with van der Waals surface area (Å²) in [6.45, 7) is 4.78. The normalized spacial score (nSPS) is 11.3. The van der Waals surface area contributed by atoms with E-state index in [1.807, 2.05) is 24.3 Å². The fraction of sp³-hybridized carbons (Fsp3) is 0.238. The third kappa shape index (κ3) is 3.35. The first-order valence-corrected chi connectivity index (χ1v) is 9.64. The van der Waals surface area contributed by atoms with Crippen molar-refractivity contribution >= 4 is 38.4 Å². The van der Waals surface area contributed by atoms with Crippen LogP contribution in [0.25, 0.3) is 21.1 Å². The highest BCUT2D eigenvalue weighted by Gasteiger charge is 2.11. The number of aryl methyl sites for hydroxylation is 3. The Morgan fingerprint density at radius 3 is 2.88 bits per heavy atom. The average Bonchev–Trinajstić information content (AvgIpc) is 3.22. The van der Waals surface area contributed by atoms with Crippen LogP contribution >= 0.6 is 11.3 Å². The van der Waals surface area contributed by atoms with Gasteiger partial charge in [0.15, 0.2) is 0 Å². The maximum absolute atomic E-state index is 12.4. The zero-order chi connectivity index (χ0) is 18.1. The van der Waals surface area contributed by atoms with Crippen LogP contribution in [0.1, 0.15) is 33.0 Å². The van der Waals surface area contributed by atoms with Gasteiger partial charge < -0.3 is 10.3 Å². The number of H-pyrrole nitrogens is 1. The first-order chi connectivity index (χ1) is 12.6. The summed E-state index contributed by atoms with van der Waals surface area (Å²) >= 11 is 1.73. The van der Waals surface area contributed by atoms with E-state index in [2.05, 4.69) is 47.3 Å². The molecule has 2 aromatic heterocycles. The number of hydrogen-bond donors (Lipinski definition) is 2. The Hall–Kier alpha value is -2.66. The molecule has 132 valence electrons. The van der Waals surface area contributed by atoms with Crippen molar-refractivity contribution in [3.63, 3.8) is 0 Å². The number of nitrogens with zero attached hydrogens (tertiary/aromatic N) is 1. The van der Waals surface area contributed by atoms with Crippen LogP contribution in [0.15, 0.2) is 42.5 Å². The number of thiazole rings is 1. The van der Waals surface area contributed by atoms with Gasteiger partial charge in [0.05, 0.1) is 15.2 Å². The molecular formula is C21H21N3OS. The second kappa shape index (κ2) is 6.92. The van der Waals surface area contributed by atoms with E-state index in [0.29, 0.717) is 12.2 Å². The van der Waals surface area contributed by atoms with E-state index in [0.717, 1.165) is 34.3 Å². The van der Waals surface area contributed by atoms with E-state index in [-0.39, 0.29) is 5.91 Å². The highest BCUT2D eigenvalue weighted by Crippen LogP contribution is 2.23. The number of para-hydroxylation sites is 1. The van der Waals surface area contributed by atoms with Gasteiger partial charge in [0.2, 0.25) is 0 Å². The van der Waals surface area contributed by atoms with Gasteiger partial charge in [0, 0.05) is 23.9 Å². The lowest BCUT2D eigenvalue weighted by Crippen LogP contribution is -2.25. The fourth-order valence-electron chi connectivity index (χ4n) is 3.29. The summed E-state index contributed by atoms with van der Waals surface area (Å²) in [6, 6.07) is 14.3. The number of fused-ring (bicyclic) bond motifs is 2. The molecule has 0 spiro atoms. The molecule has 0 unspecified atom stereocenters. The summed E-state index contributed by atoms with van der Waals surface area (Å²) in [5.74, 6) is -0.0532. The number of amides is 1. The predicted molar refractivity (Wildman–Crippen MR) is 108 cm³/mol. The summed E-state index contributed by atoms with van der Waals surface area (Å²) in [6.07, 6.45) is 1.76.